The van der Waals surface area contributed by atoms with Crippen molar-refractivity contribution in [2.75, 3.05) is 25.5 Å². The van der Waals surface area contributed by atoms with Crippen molar-refractivity contribution in [3.05, 3.63) is 104 Å². The van der Waals surface area contributed by atoms with E-state index < -0.39 is 5.91 Å². The molecule has 4 rings (SSSR count). The van der Waals surface area contributed by atoms with E-state index in [9.17, 15) is 19.2 Å². The molecular formula is C33H35BrCl2N6O5. The average molecular weight is 746 g/mol. The Morgan fingerprint density at radius 2 is 1.72 bits per heavy atom. The summed E-state index contributed by atoms with van der Waals surface area (Å²) in [5, 5.41) is 13.1. The predicted octanol–water partition coefficient (Wildman–Crippen LogP) is 6.34. The van der Waals surface area contributed by atoms with Crippen molar-refractivity contribution < 1.29 is 23.9 Å². The number of esters is 1. The number of hydrogen-bond acceptors (Lipinski definition) is 7. The number of benzene rings is 2. The number of amides is 3. The van der Waals surface area contributed by atoms with E-state index in [2.05, 4.69) is 42.0 Å². The number of ether oxygens (including phenoxy) is 1. The van der Waals surface area contributed by atoms with Gasteiger partial charge in [-0.1, -0.05) is 60.5 Å². The number of rotatable bonds is 12. The molecule has 0 radical (unpaired) electrons. The molecule has 3 N–H and O–H groups in total. The lowest BCUT2D eigenvalue weighted by atomic mass is 10.1. The van der Waals surface area contributed by atoms with Gasteiger partial charge in [-0.25, -0.2) is 9.67 Å². The molecule has 0 aliphatic carbocycles. The normalized spacial score (nSPS) is 10.3. The van der Waals surface area contributed by atoms with Crippen LogP contribution in [0.1, 0.15) is 58.2 Å². The number of nitrogens with one attached hydrogen (secondary N) is 3. The number of aryl methyl sites for hydroxylation is 1. The van der Waals surface area contributed by atoms with Gasteiger partial charge in [0.25, 0.3) is 11.8 Å². The molecule has 14 heteroatoms. The van der Waals surface area contributed by atoms with Crippen molar-refractivity contribution in [3.8, 4) is 5.82 Å². The Bertz CT molecular complexity index is 1700. The van der Waals surface area contributed by atoms with Gasteiger partial charge >= 0.3 is 5.97 Å². The van der Waals surface area contributed by atoms with Gasteiger partial charge in [0.1, 0.15) is 10.3 Å². The number of hydrogen-bond donors (Lipinski definition) is 3. The van der Waals surface area contributed by atoms with Crippen molar-refractivity contribution in [2.24, 2.45) is 0 Å². The van der Waals surface area contributed by atoms with Crippen LogP contribution in [0.3, 0.4) is 0 Å². The van der Waals surface area contributed by atoms with Crippen LogP contribution in [0.4, 0.5) is 5.69 Å². The van der Waals surface area contributed by atoms with E-state index in [-0.39, 0.29) is 41.9 Å². The minimum atomic E-state index is -0.490. The minimum Gasteiger partial charge on any atom is -0.466 e. The monoisotopic (exact) mass is 744 g/mol. The van der Waals surface area contributed by atoms with Crippen LogP contribution in [0.15, 0.2) is 71.5 Å². The molecule has 0 spiro atoms. The second-order valence-corrected chi connectivity index (χ2v) is 11.7. The summed E-state index contributed by atoms with van der Waals surface area (Å²) in [6.45, 7) is 4.70. The summed E-state index contributed by atoms with van der Waals surface area (Å²) in [5.74, 6) is -0.970. The summed E-state index contributed by atoms with van der Waals surface area (Å²) in [6.07, 6.45) is 3.49. The van der Waals surface area contributed by atoms with Crippen molar-refractivity contribution in [2.45, 2.75) is 39.5 Å². The van der Waals surface area contributed by atoms with Gasteiger partial charge in [0, 0.05) is 37.3 Å². The second-order valence-electron chi connectivity index (χ2n) is 10.1. The number of carbonyl (C=O) groups excluding carboxylic acids is 4. The molecule has 0 fully saturated rings. The van der Waals surface area contributed by atoms with Crippen LogP contribution in [-0.4, -0.2) is 58.7 Å². The molecular weight excluding hydrogens is 711 g/mol. The molecule has 248 valence electrons. The Labute approximate surface area is 291 Å². The maximum absolute atomic E-state index is 13.0. The fraction of sp³-hybridized carbons (Fsp3) is 0.273. The maximum atomic E-state index is 13.0. The first-order chi connectivity index (χ1) is 22.5. The van der Waals surface area contributed by atoms with Gasteiger partial charge in [0.05, 0.1) is 29.3 Å². The quantitative estimate of drug-likeness (QED) is 0.144. The van der Waals surface area contributed by atoms with Crippen LogP contribution in [0.2, 0.25) is 10.0 Å². The fourth-order valence-electron chi connectivity index (χ4n) is 4.19. The molecule has 11 nitrogen and oxygen atoms in total. The van der Waals surface area contributed by atoms with Gasteiger partial charge < -0.3 is 20.7 Å². The lowest BCUT2D eigenvalue weighted by Crippen LogP contribution is -2.26. The van der Waals surface area contributed by atoms with Gasteiger partial charge in [-0.3, -0.25) is 19.2 Å². The summed E-state index contributed by atoms with van der Waals surface area (Å²) < 4.78 is 6.65. The third-order valence-corrected chi connectivity index (χ3v) is 7.37. The van der Waals surface area contributed by atoms with Gasteiger partial charge in [-0.15, -0.1) is 0 Å². The van der Waals surface area contributed by atoms with Gasteiger partial charge in [0.15, 0.2) is 5.82 Å². The van der Waals surface area contributed by atoms with Crippen molar-refractivity contribution in [3.63, 3.8) is 0 Å². The van der Waals surface area contributed by atoms with E-state index in [0.29, 0.717) is 44.9 Å². The van der Waals surface area contributed by atoms with Crippen molar-refractivity contribution in [1.29, 1.82) is 0 Å². The summed E-state index contributed by atoms with van der Waals surface area (Å²) in [7, 11) is 1.50. The van der Waals surface area contributed by atoms with Crippen molar-refractivity contribution in [1.82, 2.24) is 25.4 Å². The van der Waals surface area contributed by atoms with E-state index in [1.807, 2.05) is 37.3 Å². The van der Waals surface area contributed by atoms with Crippen molar-refractivity contribution >= 4 is 68.5 Å². The highest BCUT2D eigenvalue weighted by molar-refractivity contribution is 9.10. The average Bonchev–Trinajstić information content (AvgIpc) is 3.45. The fourth-order valence-corrected chi connectivity index (χ4v) is 5.04. The standard InChI is InChI=1S/C18H14BrCl2N5O2.C15H21NO3/c1-9-6-10(20)7-11(17(27)22-2)15(9)24-18(28)13-8-14(19)25-26(13)16-12(21)4-3-5-23-16;1-2-12-19-15(18)9-8-14(17)16-11-10-13-6-4-3-5-7-13/h3-8H,1-2H3,(H,22,27)(H,24,28);3-7H,2,8-12H2,1H3,(H,16,17). The Kier molecular flexibility index (Phi) is 14.9. The number of halogens is 3. The number of anilines is 1. The Balaban J connectivity index is 0.000000277. The third-order valence-electron chi connectivity index (χ3n) is 6.46. The highest BCUT2D eigenvalue weighted by atomic mass is 79.9. The van der Waals surface area contributed by atoms with Crippen LogP contribution < -0.4 is 16.0 Å². The molecule has 0 atom stereocenters. The Hall–Kier alpha value is -4.26. The van der Waals surface area contributed by atoms with Crippen LogP contribution in [-0.2, 0) is 20.7 Å². The van der Waals surface area contributed by atoms with Crippen LogP contribution in [0, 0.1) is 6.92 Å². The zero-order chi connectivity index (χ0) is 34.3. The van der Waals surface area contributed by atoms with Crippen LogP contribution >= 0.6 is 39.1 Å². The second kappa shape index (κ2) is 18.8. The van der Waals surface area contributed by atoms with Gasteiger partial charge in [-0.05, 0) is 71.1 Å². The van der Waals surface area contributed by atoms with Crippen LogP contribution in [0.5, 0.6) is 0 Å². The summed E-state index contributed by atoms with van der Waals surface area (Å²) in [5.41, 5.74) is 2.61. The number of carbonyl (C=O) groups is 4. The number of pyridine rings is 1. The summed E-state index contributed by atoms with van der Waals surface area (Å²) in [4.78, 5) is 52.1. The number of aromatic nitrogens is 3. The summed E-state index contributed by atoms with van der Waals surface area (Å²) in [6, 6.07) is 18.0. The summed E-state index contributed by atoms with van der Waals surface area (Å²) >= 11 is 15.5. The van der Waals surface area contributed by atoms with E-state index in [1.54, 1.807) is 31.3 Å². The minimum absolute atomic E-state index is 0.107. The lowest BCUT2D eigenvalue weighted by molar-refractivity contribution is -0.145. The largest absolute Gasteiger partial charge is 0.466 e. The first kappa shape index (κ1) is 37.2. The molecule has 0 aliphatic heterocycles. The molecule has 3 amide bonds. The molecule has 0 saturated heterocycles. The first-order valence-corrected chi connectivity index (χ1v) is 16.2. The molecule has 4 aromatic rings. The molecule has 47 heavy (non-hydrogen) atoms. The molecule has 2 heterocycles. The molecule has 0 unspecified atom stereocenters. The highest BCUT2D eigenvalue weighted by Crippen LogP contribution is 2.27. The lowest BCUT2D eigenvalue weighted by Gasteiger charge is -2.14. The third kappa shape index (κ3) is 11.5. The molecule has 2 aromatic heterocycles. The first-order valence-electron chi connectivity index (χ1n) is 14.7. The van der Waals surface area contributed by atoms with E-state index in [0.717, 1.165) is 12.8 Å². The zero-order valence-electron chi connectivity index (χ0n) is 26.1. The Morgan fingerprint density at radius 3 is 2.40 bits per heavy atom. The molecule has 0 bridgehead atoms. The predicted molar refractivity (Wildman–Crippen MR) is 185 cm³/mol. The molecule has 0 aliphatic rings. The SMILES string of the molecule is CCCOC(=O)CCC(=O)NCCc1ccccc1.CNC(=O)c1cc(Cl)cc(C)c1NC(=O)c1cc(Br)nn1-c1ncccc1Cl. The van der Waals surface area contributed by atoms with Crippen LogP contribution in [0.25, 0.3) is 5.82 Å². The van der Waals surface area contributed by atoms with E-state index in [1.165, 1.54) is 29.4 Å². The van der Waals surface area contributed by atoms with E-state index >= 15 is 0 Å². The highest BCUT2D eigenvalue weighted by Gasteiger charge is 2.22. The Morgan fingerprint density at radius 1 is 0.979 bits per heavy atom. The molecule has 0 saturated carbocycles. The smallest absolute Gasteiger partial charge is 0.306 e. The molecule has 2 aromatic carbocycles. The van der Waals surface area contributed by atoms with E-state index in [4.69, 9.17) is 27.9 Å². The zero-order valence-corrected chi connectivity index (χ0v) is 29.2. The van der Waals surface area contributed by atoms with Gasteiger partial charge in [0.2, 0.25) is 5.91 Å². The van der Waals surface area contributed by atoms with Gasteiger partial charge in [-0.2, -0.15) is 5.10 Å². The number of nitrogens with zero attached hydrogens (tertiary/aromatic N) is 3. The topological polar surface area (TPSA) is 144 Å². The maximum Gasteiger partial charge on any atom is 0.306 e.